The molecular weight excluding hydrogens is 242 g/mol. The fourth-order valence-corrected chi connectivity index (χ4v) is 2.05. The molecule has 5 nitrogen and oxygen atoms in total. The van der Waals surface area contributed by atoms with E-state index in [1.54, 1.807) is 4.68 Å². The number of carbonyl (C=O) groups is 1. The maximum Gasteiger partial charge on any atom is 0.375 e. The number of rotatable bonds is 3. The third-order valence-corrected chi connectivity index (χ3v) is 2.79. The van der Waals surface area contributed by atoms with Gasteiger partial charge in [-0.3, -0.25) is 0 Å². The van der Waals surface area contributed by atoms with E-state index in [1.165, 1.54) is 0 Å². The molecule has 0 unspecified atom stereocenters. The number of hydrogen-bond donors (Lipinski definition) is 1. The molecule has 0 bridgehead atoms. The summed E-state index contributed by atoms with van der Waals surface area (Å²) in [4.78, 5) is 15.1. The molecule has 100 valence electrons. The van der Waals surface area contributed by atoms with Crippen LogP contribution in [0.15, 0.2) is 18.2 Å². The molecule has 1 N–H and O–H groups in total. The Bertz CT molecular complexity index is 609. The van der Waals surface area contributed by atoms with E-state index in [0.717, 1.165) is 16.8 Å². The largest absolute Gasteiger partial charge is 0.475 e. The first kappa shape index (κ1) is 13.3. The fraction of sp³-hybridized carbons (Fsp3) is 0.357. The normalized spacial score (nSPS) is 11.0. The maximum absolute atomic E-state index is 11.0. The van der Waals surface area contributed by atoms with Crippen molar-refractivity contribution in [2.24, 2.45) is 0 Å². The minimum Gasteiger partial charge on any atom is -0.475 e. The molecule has 19 heavy (non-hydrogen) atoms. The van der Waals surface area contributed by atoms with Gasteiger partial charge in [0, 0.05) is 5.92 Å². The lowest BCUT2D eigenvalue weighted by molar-refractivity contribution is 0.0683. The van der Waals surface area contributed by atoms with Gasteiger partial charge in [-0.1, -0.05) is 19.9 Å². The van der Waals surface area contributed by atoms with Crippen molar-refractivity contribution >= 4 is 5.97 Å². The van der Waals surface area contributed by atoms with Crippen molar-refractivity contribution in [3.8, 4) is 5.69 Å². The molecular formula is C14H17N3O2. The Morgan fingerprint density at radius 3 is 2.26 bits per heavy atom. The second-order valence-corrected chi connectivity index (χ2v) is 5.01. The van der Waals surface area contributed by atoms with Crippen molar-refractivity contribution in [1.29, 1.82) is 0 Å². The van der Waals surface area contributed by atoms with Crippen LogP contribution in [0, 0.1) is 13.8 Å². The first-order chi connectivity index (χ1) is 8.88. The minimum absolute atomic E-state index is 0.0985. The molecule has 0 spiro atoms. The van der Waals surface area contributed by atoms with Crippen LogP contribution in [0.1, 0.15) is 47.3 Å². The number of aryl methyl sites for hydroxylation is 2. The Morgan fingerprint density at radius 2 is 1.79 bits per heavy atom. The van der Waals surface area contributed by atoms with Crippen molar-refractivity contribution in [2.75, 3.05) is 0 Å². The van der Waals surface area contributed by atoms with Crippen LogP contribution in [0.3, 0.4) is 0 Å². The Labute approximate surface area is 111 Å². The molecule has 5 heteroatoms. The molecule has 2 aromatic rings. The maximum atomic E-state index is 11.0. The molecule has 1 heterocycles. The summed E-state index contributed by atoms with van der Waals surface area (Å²) < 4.78 is 1.62. The SMILES string of the molecule is Cc1cc(C)cc(-n2nc(C(=O)O)nc2C(C)C)c1. The zero-order chi connectivity index (χ0) is 14.2. The monoisotopic (exact) mass is 259 g/mol. The van der Waals surface area contributed by atoms with Crippen molar-refractivity contribution in [2.45, 2.75) is 33.6 Å². The smallest absolute Gasteiger partial charge is 0.375 e. The average molecular weight is 259 g/mol. The zero-order valence-corrected chi connectivity index (χ0v) is 11.5. The van der Waals surface area contributed by atoms with E-state index >= 15 is 0 Å². The van der Waals surface area contributed by atoms with Crippen molar-refractivity contribution in [3.63, 3.8) is 0 Å². The van der Waals surface area contributed by atoms with E-state index in [2.05, 4.69) is 16.1 Å². The molecule has 0 amide bonds. The van der Waals surface area contributed by atoms with Gasteiger partial charge in [0.1, 0.15) is 5.82 Å². The number of hydrogen-bond acceptors (Lipinski definition) is 3. The van der Waals surface area contributed by atoms with Crippen LogP contribution in [0.5, 0.6) is 0 Å². The summed E-state index contributed by atoms with van der Waals surface area (Å²) in [6.07, 6.45) is 0. The quantitative estimate of drug-likeness (QED) is 0.920. The number of carboxylic acid groups (broad SMARTS) is 1. The van der Waals surface area contributed by atoms with Crippen LogP contribution < -0.4 is 0 Å². The van der Waals surface area contributed by atoms with Gasteiger partial charge in [0.25, 0.3) is 5.82 Å². The van der Waals surface area contributed by atoms with E-state index < -0.39 is 5.97 Å². The molecule has 0 atom stereocenters. The summed E-state index contributed by atoms with van der Waals surface area (Å²) in [5, 5.41) is 13.1. The Morgan fingerprint density at radius 1 is 1.21 bits per heavy atom. The van der Waals surface area contributed by atoms with Crippen LogP contribution in [-0.2, 0) is 0 Å². The Balaban J connectivity index is 2.62. The molecule has 1 aromatic heterocycles. The Hall–Kier alpha value is -2.17. The molecule has 0 aliphatic carbocycles. The van der Waals surface area contributed by atoms with Gasteiger partial charge in [0.15, 0.2) is 0 Å². The summed E-state index contributed by atoms with van der Waals surface area (Å²) >= 11 is 0. The second-order valence-electron chi connectivity index (χ2n) is 5.01. The summed E-state index contributed by atoms with van der Waals surface area (Å²) in [6, 6.07) is 6.01. The molecule has 0 fully saturated rings. The van der Waals surface area contributed by atoms with E-state index in [0.29, 0.717) is 5.82 Å². The first-order valence-electron chi connectivity index (χ1n) is 6.17. The summed E-state index contributed by atoms with van der Waals surface area (Å²) in [7, 11) is 0. The third kappa shape index (κ3) is 2.65. The van der Waals surface area contributed by atoms with Crippen molar-refractivity contribution < 1.29 is 9.90 Å². The van der Waals surface area contributed by atoms with E-state index in [1.807, 2.05) is 39.8 Å². The molecule has 0 saturated heterocycles. The molecule has 1 aromatic carbocycles. The lowest BCUT2D eigenvalue weighted by Gasteiger charge is -2.09. The van der Waals surface area contributed by atoms with Gasteiger partial charge < -0.3 is 5.11 Å². The molecule has 0 aliphatic heterocycles. The lowest BCUT2D eigenvalue weighted by atomic mass is 10.1. The van der Waals surface area contributed by atoms with Crippen LogP contribution >= 0.6 is 0 Å². The van der Waals surface area contributed by atoms with Crippen LogP contribution in [0.2, 0.25) is 0 Å². The summed E-state index contributed by atoms with van der Waals surface area (Å²) in [5.41, 5.74) is 3.07. The first-order valence-corrected chi connectivity index (χ1v) is 6.17. The highest BCUT2D eigenvalue weighted by Crippen LogP contribution is 2.19. The van der Waals surface area contributed by atoms with Gasteiger partial charge in [0.2, 0.25) is 0 Å². The van der Waals surface area contributed by atoms with Gasteiger partial charge in [-0.2, -0.15) is 0 Å². The summed E-state index contributed by atoms with van der Waals surface area (Å²) in [5.74, 6) is -0.517. The topological polar surface area (TPSA) is 68.0 Å². The van der Waals surface area contributed by atoms with Gasteiger partial charge in [0.05, 0.1) is 5.69 Å². The predicted molar refractivity (Wildman–Crippen MR) is 71.9 cm³/mol. The van der Waals surface area contributed by atoms with Crippen molar-refractivity contribution in [3.05, 3.63) is 41.0 Å². The minimum atomic E-state index is -1.11. The number of benzene rings is 1. The molecule has 0 saturated carbocycles. The van der Waals surface area contributed by atoms with Crippen LogP contribution in [-0.4, -0.2) is 25.8 Å². The average Bonchev–Trinajstić information content (AvgIpc) is 2.72. The van der Waals surface area contributed by atoms with Crippen molar-refractivity contribution in [1.82, 2.24) is 14.8 Å². The van der Waals surface area contributed by atoms with E-state index in [9.17, 15) is 4.79 Å². The summed E-state index contributed by atoms with van der Waals surface area (Å²) in [6.45, 7) is 7.94. The molecule has 2 rings (SSSR count). The second kappa shape index (κ2) is 4.84. The third-order valence-electron chi connectivity index (χ3n) is 2.79. The number of aromatic carboxylic acids is 1. The highest BCUT2D eigenvalue weighted by Gasteiger charge is 2.18. The predicted octanol–water partition coefficient (Wildman–Crippen LogP) is 2.71. The van der Waals surface area contributed by atoms with Gasteiger partial charge >= 0.3 is 5.97 Å². The Kier molecular flexibility index (Phi) is 3.38. The fourth-order valence-electron chi connectivity index (χ4n) is 2.05. The van der Waals surface area contributed by atoms with E-state index in [-0.39, 0.29) is 11.7 Å². The van der Waals surface area contributed by atoms with Gasteiger partial charge in [-0.25, -0.2) is 14.5 Å². The standard InChI is InChI=1S/C14H17N3O2/c1-8(2)13-15-12(14(18)19)16-17(13)11-6-9(3)5-10(4)7-11/h5-8H,1-4H3,(H,18,19). The number of nitrogens with zero attached hydrogens (tertiary/aromatic N) is 3. The molecule has 0 radical (unpaired) electrons. The molecule has 0 aliphatic rings. The highest BCUT2D eigenvalue weighted by molar-refractivity contribution is 5.83. The van der Waals surface area contributed by atoms with Gasteiger partial charge in [-0.05, 0) is 37.1 Å². The van der Waals surface area contributed by atoms with Crippen LogP contribution in [0.25, 0.3) is 5.69 Å². The lowest BCUT2D eigenvalue weighted by Crippen LogP contribution is -2.05. The highest BCUT2D eigenvalue weighted by atomic mass is 16.4. The van der Waals surface area contributed by atoms with Crippen LogP contribution in [0.4, 0.5) is 0 Å². The van der Waals surface area contributed by atoms with E-state index in [4.69, 9.17) is 5.11 Å². The number of carboxylic acids is 1. The number of aromatic nitrogens is 3. The zero-order valence-electron chi connectivity index (χ0n) is 11.5. The van der Waals surface area contributed by atoms with Gasteiger partial charge in [-0.15, -0.1) is 5.10 Å².